The molecule has 0 aromatic heterocycles. The third kappa shape index (κ3) is 3.19. The van der Waals surface area contributed by atoms with Gasteiger partial charge in [0.05, 0.1) is 18.8 Å². The van der Waals surface area contributed by atoms with Gasteiger partial charge in [0, 0.05) is 13.7 Å². The van der Waals surface area contributed by atoms with Gasteiger partial charge in [-0.1, -0.05) is 34.1 Å². The standard InChI is InChI=1S/C13H26N2O2/c1-6-10(4)11-13(16)15(7-8-17-5)12(14-11)9(2)3/h9-12,14H,6-8H2,1-5H3. The van der Waals surface area contributed by atoms with Crippen LogP contribution in [-0.4, -0.2) is 43.3 Å². The SMILES string of the molecule is CCC(C)C1NC(C(C)C)N(CCOC)C1=O. The van der Waals surface area contributed by atoms with E-state index in [-0.39, 0.29) is 18.1 Å². The van der Waals surface area contributed by atoms with E-state index in [4.69, 9.17) is 4.74 Å². The summed E-state index contributed by atoms with van der Waals surface area (Å²) in [6.07, 6.45) is 1.17. The quantitative estimate of drug-likeness (QED) is 0.766. The van der Waals surface area contributed by atoms with E-state index in [9.17, 15) is 4.79 Å². The maximum atomic E-state index is 12.3. The van der Waals surface area contributed by atoms with Crippen molar-refractivity contribution in [3.63, 3.8) is 0 Å². The fourth-order valence-corrected chi connectivity index (χ4v) is 2.30. The number of hydrogen-bond donors (Lipinski definition) is 1. The van der Waals surface area contributed by atoms with Gasteiger partial charge in [0.15, 0.2) is 0 Å². The first-order chi connectivity index (χ1) is 8.02. The van der Waals surface area contributed by atoms with Gasteiger partial charge in [0.1, 0.15) is 0 Å². The predicted octanol–water partition coefficient (Wildman–Crippen LogP) is 1.46. The summed E-state index contributed by atoms with van der Waals surface area (Å²) in [6.45, 7) is 9.82. The van der Waals surface area contributed by atoms with Crippen LogP contribution < -0.4 is 5.32 Å². The minimum Gasteiger partial charge on any atom is -0.383 e. The fraction of sp³-hybridized carbons (Fsp3) is 0.923. The van der Waals surface area contributed by atoms with E-state index in [1.54, 1.807) is 7.11 Å². The van der Waals surface area contributed by atoms with Crippen molar-refractivity contribution in [2.75, 3.05) is 20.3 Å². The Morgan fingerprint density at radius 2 is 2.06 bits per heavy atom. The highest BCUT2D eigenvalue weighted by molar-refractivity contribution is 5.84. The van der Waals surface area contributed by atoms with E-state index in [1.807, 2.05) is 4.90 Å². The van der Waals surface area contributed by atoms with E-state index in [0.29, 0.717) is 25.0 Å². The molecule has 1 amide bonds. The van der Waals surface area contributed by atoms with Crippen molar-refractivity contribution in [3.8, 4) is 0 Å². The van der Waals surface area contributed by atoms with Crippen molar-refractivity contribution < 1.29 is 9.53 Å². The molecule has 0 aromatic rings. The topological polar surface area (TPSA) is 41.6 Å². The monoisotopic (exact) mass is 242 g/mol. The summed E-state index contributed by atoms with van der Waals surface area (Å²) in [5.41, 5.74) is 0. The van der Waals surface area contributed by atoms with Crippen molar-refractivity contribution >= 4 is 5.91 Å². The Balaban J connectivity index is 2.74. The van der Waals surface area contributed by atoms with Gasteiger partial charge in [0.2, 0.25) is 5.91 Å². The number of ether oxygens (including phenoxy) is 1. The smallest absolute Gasteiger partial charge is 0.241 e. The molecule has 4 heteroatoms. The van der Waals surface area contributed by atoms with Crippen LogP contribution in [0.5, 0.6) is 0 Å². The van der Waals surface area contributed by atoms with Crippen LogP contribution in [0.1, 0.15) is 34.1 Å². The van der Waals surface area contributed by atoms with Crippen molar-refractivity contribution in [1.29, 1.82) is 0 Å². The summed E-state index contributed by atoms with van der Waals surface area (Å²) >= 11 is 0. The summed E-state index contributed by atoms with van der Waals surface area (Å²) in [5, 5.41) is 3.47. The van der Waals surface area contributed by atoms with Crippen molar-refractivity contribution in [3.05, 3.63) is 0 Å². The summed E-state index contributed by atoms with van der Waals surface area (Å²) in [6, 6.07) is -0.0238. The summed E-state index contributed by atoms with van der Waals surface area (Å²) < 4.78 is 5.08. The van der Waals surface area contributed by atoms with E-state index in [1.165, 1.54) is 0 Å². The van der Waals surface area contributed by atoms with Crippen LogP contribution in [0.2, 0.25) is 0 Å². The van der Waals surface area contributed by atoms with E-state index >= 15 is 0 Å². The first-order valence-corrected chi connectivity index (χ1v) is 6.58. The summed E-state index contributed by atoms with van der Waals surface area (Å²) in [5.74, 6) is 1.04. The summed E-state index contributed by atoms with van der Waals surface area (Å²) in [4.78, 5) is 14.3. The Kier molecular flexibility index (Phi) is 5.40. The van der Waals surface area contributed by atoms with Gasteiger partial charge in [-0.25, -0.2) is 0 Å². The molecule has 4 nitrogen and oxygen atoms in total. The van der Waals surface area contributed by atoms with Crippen molar-refractivity contribution in [1.82, 2.24) is 10.2 Å². The Morgan fingerprint density at radius 1 is 1.41 bits per heavy atom. The molecule has 0 aromatic carbocycles. The average Bonchev–Trinajstić information content (AvgIpc) is 2.63. The second kappa shape index (κ2) is 6.36. The maximum absolute atomic E-state index is 12.3. The molecule has 1 aliphatic rings. The molecule has 1 rings (SSSR count). The molecule has 0 aliphatic carbocycles. The van der Waals surface area contributed by atoms with Crippen molar-refractivity contribution in [2.45, 2.75) is 46.3 Å². The average molecular weight is 242 g/mol. The van der Waals surface area contributed by atoms with Gasteiger partial charge < -0.3 is 9.64 Å². The molecule has 100 valence electrons. The van der Waals surface area contributed by atoms with Gasteiger partial charge in [-0.3, -0.25) is 10.1 Å². The molecule has 3 unspecified atom stereocenters. The Bertz CT molecular complexity index is 256. The highest BCUT2D eigenvalue weighted by atomic mass is 16.5. The third-order valence-corrected chi connectivity index (χ3v) is 3.62. The van der Waals surface area contributed by atoms with Crippen LogP contribution >= 0.6 is 0 Å². The third-order valence-electron chi connectivity index (χ3n) is 3.62. The van der Waals surface area contributed by atoms with Crippen LogP contribution in [0.3, 0.4) is 0 Å². The second-order valence-corrected chi connectivity index (χ2v) is 5.24. The zero-order valence-corrected chi connectivity index (χ0v) is 11.7. The van der Waals surface area contributed by atoms with Gasteiger partial charge in [-0.05, 0) is 11.8 Å². The molecular weight excluding hydrogens is 216 g/mol. The lowest BCUT2D eigenvalue weighted by atomic mass is 9.99. The minimum atomic E-state index is -0.0238. The van der Waals surface area contributed by atoms with Crippen LogP contribution in [-0.2, 0) is 9.53 Å². The first kappa shape index (κ1) is 14.5. The largest absolute Gasteiger partial charge is 0.383 e. The number of amides is 1. The lowest BCUT2D eigenvalue weighted by Gasteiger charge is -2.26. The molecule has 0 saturated carbocycles. The predicted molar refractivity (Wildman–Crippen MR) is 68.6 cm³/mol. The number of nitrogens with zero attached hydrogens (tertiary/aromatic N) is 1. The second-order valence-electron chi connectivity index (χ2n) is 5.24. The number of carbonyl (C=O) groups is 1. The van der Waals surface area contributed by atoms with Crippen LogP contribution in [0.4, 0.5) is 0 Å². The van der Waals surface area contributed by atoms with Gasteiger partial charge >= 0.3 is 0 Å². The number of methoxy groups -OCH3 is 1. The molecular formula is C13H26N2O2. The first-order valence-electron chi connectivity index (χ1n) is 6.58. The van der Waals surface area contributed by atoms with Crippen LogP contribution in [0.15, 0.2) is 0 Å². The maximum Gasteiger partial charge on any atom is 0.241 e. The molecule has 1 heterocycles. The molecule has 1 fully saturated rings. The van der Waals surface area contributed by atoms with Gasteiger partial charge in [0.25, 0.3) is 0 Å². The molecule has 1 aliphatic heterocycles. The minimum absolute atomic E-state index is 0.0238. The zero-order valence-electron chi connectivity index (χ0n) is 11.7. The molecule has 17 heavy (non-hydrogen) atoms. The number of nitrogens with one attached hydrogen (secondary N) is 1. The van der Waals surface area contributed by atoms with E-state index in [2.05, 4.69) is 33.0 Å². The van der Waals surface area contributed by atoms with Crippen molar-refractivity contribution in [2.24, 2.45) is 11.8 Å². The Hall–Kier alpha value is -0.610. The fourth-order valence-electron chi connectivity index (χ4n) is 2.30. The molecule has 1 N–H and O–H groups in total. The Labute approximate surface area is 105 Å². The van der Waals surface area contributed by atoms with Gasteiger partial charge in [-0.15, -0.1) is 0 Å². The van der Waals surface area contributed by atoms with Crippen LogP contribution in [0, 0.1) is 11.8 Å². The molecule has 3 atom stereocenters. The molecule has 0 radical (unpaired) electrons. The summed E-state index contributed by atoms with van der Waals surface area (Å²) in [7, 11) is 1.67. The van der Waals surface area contributed by atoms with E-state index < -0.39 is 0 Å². The molecule has 0 spiro atoms. The highest BCUT2D eigenvalue weighted by Crippen LogP contribution is 2.22. The normalized spacial score (nSPS) is 26.9. The highest BCUT2D eigenvalue weighted by Gasteiger charge is 2.41. The molecule has 0 bridgehead atoms. The number of rotatable bonds is 6. The molecule has 1 saturated heterocycles. The lowest BCUT2D eigenvalue weighted by molar-refractivity contribution is -0.131. The van der Waals surface area contributed by atoms with Crippen LogP contribution in [0.25, 0.3) is 0 Å². The zero-order chi connectivity index (χ0) is 13.0. The number of carbonyl (C=O) groups excluding carboxylic acids is 1. The van der Waals surface area contributed by atoms with E-state index in [0.717, 1.165) is 6.42 Å². The Morgan fingerprint density at radius 3 is 2.53 bits per heavy atom. The lowest BCUT2D eigenvalue weighted by Crippen LogP contribution is -2.43. The van der Waals surface area contributed by atoms with Gasteiger partial charge in [-0.2, -0.15) is 0 Å². The number of hydrogen-bond acceptors (Lipinski definition) is 3.